The highest BCUT2D eigenvalue weighted by atomic mass is 35.5. The van der Waals surface area contributed by atoms with Gasteiger partial charge in [-0.2, -0.15) is 5.26 Å². The van der Waals surface area contributed by atoms with Crippen LogP contribution in [0, 0.1) is 24.1 Å². The third-order valence-electron chi connectivity index (χ3n) is 4.22. The predicted molar refractivity (Wildman–Crippen MR) is 107 cm³/mol. The third kappa shape index (κ3) is 4.60. The van der Waals surface area contributed by atoms with Crippen molar-refractivity contribution in [2.24, 2.45) is 5.73 Å². The van der Waals surface area contributed by atoms with Gasteiger partial charge in [-0.15, -0.1) is 0 Å². The van der Waals surface area contributed by atoms with Crippen molar-refractivity contribution in [1.82, 2.24) is 4.98 Å². The van der Waals surface area contributed by atoms with Crippen LogP contribution in [0.5, 0.6) is 5.75 Å². The van der Waals surface area contributed by atoms with E-state index in [9.17, 15) is 4.39 Å². The molecule has 1 aromatic heterocycles. The van der Waals surface area contributed by atoms with Crippen molar-refractivity contribution in [3.8, 4) is 11.8 Å². The number of aromatic nitrogens is 1. The Kier molecular flexibility index (Phi) is 6.15. The summed E-state index contributed by atoms with van der Waals surface area (Å²) in [5.41, 5.74) is 9.19. The number of ether oxygens (including phenoxy) is 1. The van der Waals surface area contributed by atoms with E-state index in [2.05, 4.69) is 11.1 Å². The minimum Gasteiger partial charge on any atom is -0.471 e. The molecule has 0 aliphatic carbocycles. The average molecular weight is 416 g/mol. The summed E-state index contributed by atoms with van der Waals surface area (Å²) in [7, 11) is 0. The second-order valence-corrected chi connectivity index (χ2v) is 7.11. The topological polar surface area (TPSA) is 71.9 Å². The zero-order valence-corrected chi connectivity index (χ0v) is 16.4. The molecule has 2 aromatic carbocycles. The van der Waals surface area contributed by atoms with Gasteiger partial charge in [-0.1, -0.05) is 35.3 Å². The van der Waals surface area contributed by atoms with Crippen molar-refractivity contribution in [2.45, 2.75) is 19.6 Å². The van der Waals surface area contributed by atoms with E-state index in [1.54, 1.807) is 36.4 Å². The van der Waals surface area contributed by atoms with E-state index in [0.29, 0.717) is 27.5 Å². The van der Waals surface area contributed by atoms with Crippen LogP contribution < -0.4 is 10.5 Å². The van der Waals surface area contributed by atoms with Gasteiger partial charge in [0.15, 0.2) is 6.23 Å². The first-order valence-corrected chi connectivity index (χ1v) is 9.14. The summed E-state index contributed by atoms with van der Waals surface area (Å²) in [6.45, 7) is 1.83. The first kappa shape index (κ1) is 20.1. The number of halogens is 3. The summed E-state index contributed by atoms with van der Waals surface area (Å²) < 4.78 is 20.0. The molecule has 3 aromatic rings. The van der Waals surface area contributed by atoms with Crippen molar-refractivity contribution in [3.63, 3.8) is 0 Å². The van der Waals surface area contributed by atoms with E-state index in [-0.39, 0.29) is 17.1 Å². The normalized spacial score (nSPS) is 11.7. The monoisotopic (exact) mass is 415 g/mol. The highest BCUT2D eigenvalue weighted by Gasteiger charge is 2.15. The van der Waals surface area contributed by atoms with E-state index < -0.39 is 12.0 Å². The van der Waals surface area contributed by atoms with E-state index in [1.165, 1.54) is 12.3 Å². The van der Waals surface area contributed by atoms with Gasteiger partial charge >= 0.3 is 0 Å². The maximum absolute atomic E-state index is 14.1. The number of nitrogens with two attached hydrogens (primary N) is 1. The zero-order valence-electron chi connectivity index (χ0n) is 14.9. The largest absolute Gasteiger partial charge is 0.471 e. The highest BCUT2D eigenvalue weighted by Crippen LogP contribution is 2.29. The van der Waals surface area contributed by atoms with Crippen molar-refractivity contribution in [2.75, 3.05) is 0 Å². The molecule has 0 radical (unpaired) electrons. The van der Waals surface area contributed by atoms with Gasteiger partial charge in [-0.3, -0.25) is 10.7 Å². The fraction of sp³-hybridized carbons (Fsp3) is 0.143. The van der Waals surface area contributed by atoms with Gasteiger partial charge < -0.3 is 4.74 Å². The molecule has 0 saturated heterocycles. The lowest BCUT2D eigenvalue weighted by Gasteiger charge is -2.19. The molecule has 0 aliphatic rings. The van der Waals surface area contributed by atoms with Crippen LogP contribution in [-0.4, -0.2) is 4.98 Å². The lowest BCUT2D eigenvalue weighted by molar-refractivity contribution is 0.212. The van der Waals surface area contributed by atoms with Crippen LogP contribution in [0.2, 0.25) is 10.0 Å². The van der Waals surface area contributed by atoms with Gasteiger partial charge in [0.2, 0.25) is 0 Å². The standard InChI is InChI=1S/C21H16Cl2FN3O/c1-12-6-14(2-3-15(12)10-25)21(26)28-20-9-16(22)5-4-13(20)7-19-18(24)8-17(23)11-27-19/h2-6,8-9,11,21H,7,26H2,1H3. The molecule has 28 heavy (non-hydrogen) atoms. The number of hydrogen-bond donors (Lipinski definition) is 1. The van der Waals surface area contributed by atoms with Crippen molar-refractivity contribution >= 4 is 23.2 Å². The lowest BCUT2D eigenvalue weighted by Crippen LogP contribution is -2.18. The minimum absolute atomic E-state index is 0.189. The first-order valence-electron chi connectivity index (χ1n) is 8.38. The molecule has 1 heterocycles. The SMILES string of the molecule is Cc1cc(C(N)Oc2cc(Cl)ccc2Cc2ncc(Cl)cc2F)ccc1C#N. The molecule has 1 unspecified atom stereocenters. The third-order valence-corrected chi connectivity index (χ3v) is 4.67. The molecule has 0 bridgehead atoms. The van der Waals surface area contributed by atoms with Gasteiger partial charge in [0, 0.05) is 28.8 Å². The summed E-state index contributed by atoms with van der Waals surface area (Å²) in [5.74, 6) is -0.0708. The Hall–Kier alpha value is -2.65. The Morgan fingerprint density at radius 3 is 2.64 bits per heavy atom. The fourth-order valence-corrected chi connectivity index (χ4v) is 3.04. The van der Waals surface area contributed by atoms with Crippen LogP contribution >= 0.6 is 23.2 Å². The Morgan fingerprint density at radius 2 is 1.96 bits per heavy atom. The van der Waals surface area contributed by atoms with Crippen LogP contribution in [0.3, 0.4) is 0 Å². The molecule has 3 rings (SSSR count). The Bertz CT molecular complexity index is 1070. The number of hydrogen-bond acceptors (Lipinski definition) is 4. The van der Waals surface area contributed by atoms with E-state index in [1.807, 2.05) is 6.92 Å². The quantitative estimate of drug-likeness (QED) is 0.571. The number of benzene rings is 2. The number of nitriles is 1. The van der Waals surface area contributed by atoms with E-state index in [4.69, 9.17) is 38.9 Å². The van der Waals surface area contributed by atoms with Gasteiger partial charge in [0.25, 0.3) is 0 Å². The van der Waals surface area contributed by atoms with Gasteiger partial charge in [0.05, 0.1) is 22.3 Å². The molecule has 0 aliphatic heterocycles. The molecule has 4 nitrogen and oxygen atoms in total. The van der Waals surface area contributed by atoms with Crippen LogP contribution in [0.15, 0.2) is 48.7 Å². The van der Waals surface area contributed by atoms with Crippen LogP contribution in [0.1, 0.15) is 34.2 Å². The van der Waals surface area contributed by atoms with Crippen molar-refractivity contribution in [3.05, 3.63) is 92.5 Å². The molecule has 0 spiro atoms. The predicted octanol–water partition coefficient (Wildman–Crippen LogP) is 5.33. The highest BCUT2D eigenvalue weighted by molar-refractivity contribution is 6.30. The maximum Gasteiger partial charge on any atom is 0.174 e. The molecule has 1 atom stereocenters. The van der Waals surface area contributed by atoms with E-state index in [0.717, 1.165) is 5.56 Å². The number of pyridine rings is 1. The Balaban J connectivity index is 1.88. The van der Waals surface area contributed by atoms with Crippen LogP contribution in [0.25, 0.3) is 0 Å². The van der Waals surface area contributed by atoms with E-state index >= 15 is 0 Å². The van der Waals surface area contributed by atoms with Crippen LogP contribution in [-0.2, 0) is 6.42 Å². The molecule has 0 amide bonds. The fourth-order valence-electron chi connectivity index (χ4n) is 2.73. The summed E-state index contributed by atoms with van der Waals surface area (Å²) >= 11 is 11.9. The molecule has 7 heteroatoms. The summed E-state index contributed by atoms with van der Waals surface area (Å²) in [6.07, 6.45) is 0.794. The smallest absolute Gasteiger partial charge is 0.174 e. The van der Waals surface area contributed by atoms with Crippen molar-refractivity contribution in [1.29, 1.82) is 5.26 Å². The summed E-state index contributed by atoms with van der Waals surface area (Å²) in [4.78, 5) is 4.05. The number of rotatable bonds is 5. The van der Waals surface area contributed by atoms with Crippen LogP contribution in [0.4, 0.5) is 4.39 Å². The average Bonchev–Trinajstić information content (AvgIpc) is 2.65. The van der Waals surface area contributed by atoms with Gasteiger partial charge in [0.1, 0.15) is 11.6 Å². The second-order valence-electron chi connectivity index (χ2n) is 6.24. The molecular formula is C21H16Cl2FN3O. The molecule has 0 saturated carbocycles. The maximum atomic E-state index is 14.1. The summed E-state index contributed by atoms with van der Waals surface area (Å²) in [5, 5.41) is 9.75. The lowest BCUT2D eigenvalue weighted by atomic mass is 10.0. The summed E-state index contributed by atoms with van der Waals surface area (Å²) in [6, 6.07) is 13.6. The van der Waals surface area contributed by atoms with Crippen molar-refractivity contribution < 1.29 is 9.13 Å². The zero-order chi connectivity index (χ0) is 20.3. The molecule has 0 fully saturated rings. The molecule has 142 valence electrons. The number of aryl methyl sites for hydroxylation is 1. The molecular weight excluding hydrogens is 400 g/mol. The Morgan fingerprint density at radius 1 is 1.18 bits per heavy atom. The minimum atomic E-state index is -0.785. The van der Waals surface area contributed by atoms with Gasteiger partial charge in [-0.25, -0.2) is 4.39 Å². The first-order chi connectivity index (χ1) is 13.4. The number of nitrogens with zero attached hydrogens (tertiary/aromatic N) is 2. The Labute approximate surface area is 172 Å². The second kappa shape index (κ2) is 8.57. The molecule has 2 N–H and O–H groups in total. The van der Waals surface area contributed by atoms with Gasteiger partial charge in [-0.05, 0) is 42.8 Å².